The Morgan fingerprint density at radius 1 is 1.03 bits per heavy atom. The highest BCUT2D eigenvalue weighted by Crippen LogP contribution is 2.23. The Morgan fingerprint density at radius 3 is 2.55 bits per heavy atom. The summed E-state index contributed by atoms with van der Waals surface area (Å²) in [6.45, 7) is 5.54. The maximum absolute atomic E-state index is 12.6. The first-order chi connectivity index (χ1) is 13.9. The van der Waals surface area contributed by atoms with Gasteiger partial charge in [0.15, 0.2) is 5.69 Å². The molecule has 29 heavy (non-hydrogen) atoms. The van der Waals surface area contributed by atoms with Crippen molar-refractivity contribution in [2.45, 2.75) is 27.3 Å². The van der Waals surface area contributed by atoms with Crippen LogP contribution in [0.25, 0.3) is 0 Å². The van der Waals surface area contributed by atoms with Gasteiger partial charge in [-0.15, -0.1) is 5.10 Å². The van der Waals surface area contributed by atoms with Gasteiger partial charge >= 0.3 is 0 Å². The highest BCUT2D eigenvalue weighted by atomic mass is 16.5. The summed E-state index contributed by atoms with van der Waals surface area (Å²) in [5.41, 5.74) is 3.95. The molecule has 0 fully saturated rings. The van der Waals surface area contributed by atoms with Crippen LogP contribution in [0, 0.1) is 20.8 Å². The summed E-state index contributed by atoms with van der Waals surface area (Å²) in [5.74, 6) is -0.129. The molecule has 3 aromatic rings. The van der Waals surface area contributed by atoms with E-state index in [4.69, 9.17) is 4.74 Å². The smallest absolute Gasteiger partial charge is 0.278 e. The molecule has 0 spiro atoms. The number of carbonyl (C=O) groups excluding carboxylic acids is 2. The van der Waals surface area contributed by atoms with Gasteiger partial charge in [0.2, 0.25) is 5.91 Å². The summed E-state index contributed by atoms with van der Waals surface area (Å²) >= 11 is 0. The van der Waals surface area contributed by atoms with E-state index in [1.807, 2.05) is 38.1 Å². The molecule has 3 rings (SSSR count). The van der Waals surface area contributed by atoms with Gasteiger partial charge in [-0.25, -0.2) is 4.68 Å². The predicted molar refractivity (Wildman–Crippen MR) is 110 cm³/mol. The molecule has 0 saturated carbocycles. The number of aromatic nitrogens is 3. The third-order valence-electron chi connectivity index (χ3n) is 4.51. The molecule has 0 aliphatic rings. The van der Waals surface area contributed by atoms with Crippen molar-refractivity contribution in [2.75, 3.05) is 17.7 Å². The van der Waals surface area contributed by atoms with E-state index in [0.29, 0.717) is 17.1 Å². The quantitative estimate of drug-likeness (QED) is 0.671. The Kier molecular flexibility index (Phi) is 5.92. The van der Waals surface area contributed by atoms with E-state index < -0.39 is 5.91 Å². The number of ether oxygens (including phenoxy) is 1. The number of carbonyl (C=O) groups is 2. The van der Waals surface area contributed by atoms with Gasteiger partial charge in [-0.2, -0.15) is 0 Å². The molecule has 2 amide bonds. The van der Waals surface area contributed by atoms with Crippen molar-refractivity contribution in [3.63, 3.8) is 0 Å². The van der Waals surface area contributed by atoms with Crippen LogP contribution in [0.15, 0.2) is 42.5 Å². The molecule has 0 saturated heterocycles. The van der Waals surface area contributed by atoms with Crippen molar-refractivity contribution in [2.24, 2.45) is 0 Å². The zero-order chi connectivity index (χ0) is 21.0. The van der Waals surface area contributed by atoms with E-state index in [0.717, 1.165) is 16.8 Å². The van der Waals surface area contributed by atoms with Crippen molar-refractivity contribution in [3.8, 4) is 5.75 Å². The normalized spacial score (nSPS) is 10.5. The molecular weight excluding hydrogens is 370 g/mol. The van der Waals surface area contributed by atoms with Gasteiger partial charge in [-0.05, 0) is 50.1 Å². The Labute approximate surface area is 168 Å². The van der Waals surface area contributed by atoms with E-state index in [-0.39, 0.29) is 18.1 Å². The summed E-state index contributed by atoms with van der Waals surface area (Å²) in [6.07, 6.45) is 0. The van der Waals surface area contributed by atoms with Gasteiger partial charge in [0, 0.05) is 5.69 Å². The van der Waals surface area contributed by atoms with Gasteiger partial charge in [0.05, 0.1) is 18.5 Å². The number of nitrogens with zero attached hydrogens (tertiary/aromatic N) is 3. The Bertz CT molecular complexity index is 1060. The number of benzene rings is 2. The molecule has 2 aromatic carbocycles. The third-order valence-corrected chi connectivity index (χ3v) is 4.51. The van der Waals surface area contributed by atoms with Crippen LogP contribution in [-0.2, 0) is 11.3 Å². The summed E-state index contributed by atoms with van der Waals surface area (Å²) in [5, 5.41) is 13.5. The van der Waals surface area contributed by atoms with E-state index in [2.05, 4.69) is 20.9 Å². The molecule has 0 radical (unpaired) electrons. The van der Waals surface area contributed by atoms with E-state index in [9.17, 15) is 9.59 Å². The summed E-state index contributed by atoms with van der Waals surface area (Å²) in [7, 11) is 1.53. The lowest BCUT2D eigenvalue weighted by atomic mass is 10.1. The molecular formula is C21H23N5O3. The minimum absolute atomic E-state index is 0.0475. The molecule has 0 atom stereocenters. The lowest BCUT2D eigenvalue weighted by Gasteiger charge is -2.10. The van der Waals surface area contributed by atoms with Crippen LogP contribution in [0.4, 0.5) is 11.4 Å². The lowest BCUT2D eigenvalue weighted by Crippen LogP contribution is -2.21. The minimum Gasteiger partial charge on any atom is -0.495 e. The highest BCUT2D eigenvalue weighted by Gasteiger charge is 2.19. The number of hydrogen-bond donors (Lipinski definition) is 2. The minimum atomic E-state index is -0.423. The summed E-state index contributed by atoms with van der Waals surface area (Å²) < 4.78 is 6.64. The number of hydrogen-bond acceptors (Lipinski definition) is 5. The number of rotatable bonds is 6. The van der Waals surface area contributed by atoms with Gasteiger partial charge in [0.25, 0.3) is 5.91 Å². The molecule has 0 bridgehead atoms. The predicted octanol–water partition coefficient (Wildman–Crippen LogP) is 3.10. The van der Waals surface area contributed by atoms with E-state index in [1.165, 1.54) is 11.8 Å². The van der Waals surface area contributed by atoms with Crippen LogP contribution in [0.3, 0.4) is 0 Å². The average molecular weight is 393 g/mol. The Balaban J connectivity index is 1.71. The maximum atomic E-state index is 12.6. The van der Waals surface area contributed by atoms with Crippen molar-refractivity contribution in [1.29, 1.82) is 0 Å². The SMILES string of the molecule is COc1ccccc1NC(=O)c1nnn(CC(=O)Nc2cc(C)ccc2C)c1C. The molecule has 0 aliphatic heterocycles. The zero-order valence-corrected chi connectivity index (χ0v) is 16.8. The molecule has 1 heterocycles. The summed E-state index contributed by atoms with van der Waals surface area (Å²) in [4.78, 5) is 25.0. The maximum Gasteiger partial charge on any atom is 0.278 e. The number of methoxy groups -OCH3 is 1. The molecule has 0 aliphatic carbocycles. The van der Waals surface area contributed by atoms with Gasteiger partial charge in [0.1, 0.15) is 12.3 Å². The molecule has 0 unspecified atom stereocenters. The average Bonchev–Trinajstić information content (AvgIpc) is 3.05. The van der Waals surface area contributed by atoms with Gasteiger partial charge in [-0.3, -0.25) is 9.59 Å². The molecule has 8 nitrogen and oxygen atoms in total. The van der Waals surface area contributed by atoms with Crippen molar-refractivity contribution in [3.05, 3.63) is 65.0 Å². The van der Waals surface area contributed by atoms with E-state index >= 15 is 0 Å². The van der Waals surface area contributed by atoms with Gasteiger partial charge < -0.3 is 15.4 Å². The highest BCUT2D eigenvalue weighted by molar-refractivity contribution is 6.04. The third kappa shape index (κ3) is 4.60. The van der Waals surface area contributed by atoms with Crippen LogP contribution in [0.1, 0.15) is 27.3 Å². The number of anilines is 2. The molecule has 8 heteroatoms. The molecule has 1 aromatic heterocycles. The second-order valence-corrected chi connectivity index (χ2v) is 6.70. The fourth-order valence-corrected chi connectivity index (χ4v) is 2.85. The van der Waals surface area contributed by atoms with Crippen LogP contribution < -0.4 is 15.4 Å². The largest absolute Gasteiger partial charge is 0.495 e. The van der Waals surface area contributed by atoms with Gasteiger partial charge in [-0.1, -0.05) is 29.5 Å². The number of amides is 2. The standard InChI is InChI=1S/C21H23N5O3/c1-13-9-10-14(2)17(11-13)22-19(27)12-26-15(3)20(24-25-26)21(28)23-16-7-5-6-8-18(16)29-4/h5-11H,12H2,1-4H3,(H,22,27)(H,23,28). The fourth-order valence-electron chi connectivity index (χ4n) is 2.85. The first-order valence-corrected chi connectivity index (χ1v) is 9.10. The van der Waals surface area contributed by atoms with Crippen LogP contribution in [0.2, 0.25) is 0 Å². The Morgan fingerprint density at radius 2 is 1.79 bits per heavy atom. The lowest BCUT2D eigenvalue weighted by molar-refractivity contribution is -0.117. The zero-order valence-electron chi connectivity index (χ0n) is 16.8. The van der Waals surface area contributed by atoms with Crippen LogP contribution >= 0.6 is 0 Å². The first kappa shape index (κ1) is 20.1. The number of nitrogens with one attached hydrogen (secondary N) is 2. The molecule has 150 valence electrons. The molecule has 2 N–H and O–H groups in total. The van der Waals surface area contributed by atoms with Crippen LogP contribution in [-0.4, -0.2) is 33.9 Å². The van der Waals surface area contributed by atoms with Crippen molar-refractivity contribution in [1.82, 2.24) is 15.0 Å². The fraction of sp³-hybridized carbons (Fsp3) is 0.238. The van der Waals surface area contributed by atoms with Crippen molar-refractivity contribution >= 4 is 23.2 Å². The second kappa shape index (κ2) is 8.55. The monoisotopic (exact) mass is 393 g/mol. The number of aryl methyl sites for hydroxylation is 2. The number of para-hydroxylation sites is 2. The second-order valence-electron chi connectivity index (χ2n) is 6.70. The Hall–Kier alpha value is -3.68. The topological polar surface area (TPSA) is 98.1 Å². The summed E-state index contributed by atoms with van der Waals surface area (Å²) in [6, 6.07) is 12.9. The van der Waals surface area contributed by atoms with Crippen LogP contribution in [0.5, 0.6) is 5.75 Å². The first-order valence-electron chi connectivity index (χ1n) is 9.10. The van der Waals surface area contributed by atoms with E-state index in [1.54, 1.807) is 25.1 Å². The van der Waals surface area contributed by atoms with Crippen molar-refractivity contribution < 1.29 is 14.3 Å².